The number of carbonyl (C=O) groups excluding carboxylic acids is 1. The van der Waals surface area contributed by atoms with E-state index in [0.29, 0.717) is 55.8 Å². The van der Waals surface area contributed by atoms with E-state index in [0.717, 1.165) is 12.8 Å². The standard InChI is InChI=1S/C19H29N5O2.2ClH/c1-22-6-5-21-17(19(22)26)23-7-9-24(10-8-23)18(25)15-11-13-3-2-4-14(12-15)16(13)20;;/h5-6,13-16H,2-4,7-12,20H2,1H3;2*1H. The number of aromatic nitrogens is 2. The molecular formula is C19H31Cl2N5O2. The highest BCUT2D eigenvalue weighted by Crippen LogP contribution is 2.42. The Labute approximate surface area is 178 Å². The Morgan fingerprint density at radius 3 is 2.32 bits per heavy atom. The second-order valence-corrected chi connectivity index (χ2v) is 8.18. The number of rotatable bonds is 2. The summed E-state index contributed by atoms with van der Waals surface area (Å²) in [6.07, 6.45) is 8.85. The van der Waals surface area contributed by atoms with Gasteiger partial charge in [-0.25, -0.2) is 4.98 Å². The molecular weight excluding hydrogens is 401 g/mol. The number of anilines is 1. The van der Waals surface area contributed by atoms with Crippen LogP contribution in [0, 0.1) is 17.8 Å². The molecule has 0 radical (unpaired) electrons. The number of piperazine rings is 1. The van der Waals surface area contributed by atoms with Gasteiger partial charge in [0, 0.05) is 57.6 Å². The van der Waals surface area contributed by atoms with Crippen molar-refractivity contribution in [1.82, 2.24) is 14.5 Å². The number of nitrogens with two attached hydrogens (primary N) is 1. The van der Waals surface area contributed by atoms with Crippen LogP contribution >= 0.6 is 24.8 Å². The molecule has 158 valence electrons. The van der Waals surface area contributed by atoms with E-state index in [1.54, 1.807) is 24.0 Å². The summed E-state index contributed by atoms with van der Waals surface area (Å²) in [5.41, 5.74) is 6.28. The van der Waals surface area contributed by atoms with Crippen molar-refractivity contribution in [2.75, 3.05) is 31.1 Å². The van der Waals surface area contributed by atoms with Crippen LogP contribution in [0.15, 0.2) is 17.2 Å². The lowest BCUT2D eigenvalue weighted by molar-refractivity contribution is -0.138. The van der Waals surface area contributed by atoms with Crippen molar-refractivity contribution in [2.24, 2.45) is 30.5 Å². The highest BCUT2D eigenvalue weighted by atomic mass is 35.5. The van der Waals surface area contributed by atoms with Crippen molar-refractivity contribution < 1.29 is 4.79 Å². The second-order valence-electron chi connectivity index (χ2n) is 8.18. The fourth-order valence-corrected chi connectivity index (χ4v) is 5.09. The summed E-state index contributed by atoms with van der Waals surface area (Å²) in [5.74, 6) is 1.96. The number of aryl methyl sites for hydroxylation is 1. The van der Waals surface area contributed by atoms with E-state index >= 15 is 0 Å². The van der Waals surface area contributed by atoms with Gasteiger partial charge in [0.2, 0.25) is 5.91 Å². The third-order valence-electron chi connectivity index (χ3n) is 6.65. The summed E-state index contributed by atoms with van der Waals surface area (Å²) in [5, 5.41) is 0. The Morgan fingerprint density at radius 2 is 1.71 bits per heavy atom. The van der Waals surface area contributed by atoms with E-state index in [1.807, 2.05) is 9.80 Å². The minimum atomic E-state index is -0.0821. The molecule has 3 aliphatic rings. The molecule has 4 rings (SSSR count). The van der Waals surface area contributed by atoms with Gasteiger partial charge >= 0.3 is 0 Å². The number of fused-ring (bicyclic) bond motifs is 2. The predicted octanol–water partition coefficient (Wildman–Crippen LogP) is 1.43. The number of amides is 1. The number of carbonyl (C=O) groups is 1. The molecule has 2 atom stereocenters. The van der Waals surface area contributed by atoms with Crippen molar-refractivity contribution in [3.63, 3.8) is 0 Å². The van der Waals surface area contributed by atoms with Crippen molar-refractivity contribution >= 4 is 36.5 Å². The summed E-state index contributed by atoms with van der Waals surface area (Å²) in [7, 11) is 1.73. The zero-order valence-electron chi connectivity index (χ0n) is 16.3. The number of halogens is 2. The average Bonchev–Trinajstić information content (AvgIpc) is 2.63. The van der Waals surface area contributed by atoms with Crippen LogP contribution in [-0.2, 0) is 11.8 Å². The van der Waals surface area contributed by atoms with Crippen LogP contribution in [-0.4, -0.2) is 52.6 Å². The minimum absolute atomic E-state index is 0. The van der Waals surface area contributed by atoms with Gasteiger partial charge in [-0.2, -0.15) is 0 Å². The molecule has 2 saturated carbocycles. The first kappa shape index (κ1) is 23.0. The van der Waals surface area contributed by atoms with Gasteiger partial charge in [-0.3, -0.25) is 9.59 Å². The molecule has 9 heteroatoms. The summed E-state index contributed by atoms with van der Waals surface area (Å²) in [4.78, 5) is 33.5. The molecule has 2 heterocycles. The first-order valence-corrected chi connectivity index (χ1v) is 9.85. The average molecular weight is 432 g/mol. The van der Waals surface area contributed by atoms with Crippen molar-refractivity contribution in [3.8, 4) is 0 Å². The van der Waals surface area contributed by atoms with E-state index < -0.39 is 0 Å². The van der Waals surface area contributed by atoms with Gasteiger partial charge in [0.05, 0.1) is 0 Å². The summed E-state index contributed by atoms with van der Waals surface area (Å²) < 4.78 is 1.55. The molecule has 1 saturated heterocycles. The van der Waals surface area contributed by atoms with Crippen molar-refractivity contribution in [1.29, 1.82) is 0 Å². The van der Waals surface area contributed by atoms with E-state index in [9.17, 15) is 9.59 Å². The van der Waals surface area contributed by atoms with Gasteiger partial charge < -0.3 is 20.1 Å². The Kier molecular flexibility index (Phi) is 7.76. The highest BCUT2D eigenvalue weighted by Gasteiger charge is 2.42. The van der Waals surface area contributed by atoms with Gasteiger partial charge in [0.15, 0.2) is 5.82 Å². The smallest absolute Gasteiger partial charge is 0.293 e. The normalized spacial score (nSPS) is 29.5. The van der Waals surface area contributed by atoms with E-state index in [1.165, 1.54) is 19.3 Å². The summed E-state index contributed by atoms with van der Waals surface area (Å²) in [6, 6.07) is 0.296. The zero-order valence-corrected chi connectivity index (χ0v) is 18.0. The van der Waals surface area contributed by atoms with Gasteiger partial charge in [-0.1, -0.05) is 6.42 Å². The van der Waals surface area contributed by atoms with Crippen LogP contribution in [0.2, 0.25) is 0 Å². The van der Waals surface area contributed by atoms with Crippen LogP contribution in [0.4, 0.5) is 5.82 Å². The van der Waals surface area contributed by atoms with Crippen LogP contribution in [0.5, 0.6) is 0 Å². The van der Waals surface area contributed by atoms with E-state index in [-0.39, 0.29) is 36.3 Å². The fourth-order valence-electron chi connectivity index (χ4n) is 5.09. The number of hydrogen-bond donors (Lipinski definition) is 1. The third kappa shape index (κ3) is 4.31. The molecule has 2 aliphatic carbocycles. The maximum absolute atomic E-state index is 13.0. The topological polar surface area (TPSA) is 84.5 Å². The van der Waals surface area contributed by atoms with Crippen LogP contribution in [0.3, 0.4) is 0 Å². The molecule has 2 N–H and O–H groups in total. The first-order valence-electron chi connectivity index (χ1n) is 9.85. The largest absolute Gasteiger partial charge is 0.348 e. The van der Waals surface area contributed by atoms with Gasteiger partial charge in [-0.05, 0) is 37.5 Å². The van der Waals surface area contributed by atoms with Crippen molar-refractivity contribution in [2.45, 2.75) is 38.1 Å². The quantitative estimate of drug-likeness (QED) is 0.765. The van der Waals surface area contributed by atoms with Gasteiger partial charge in [0.1, 0.15) is 0 Å². The fraction of sp³-hybridized carbons (Fsp3) is 0.737. The lowest BCUT2D eigenvalue weighted by Gasteiger charge is -2.45. The monoisotopic (exact) mass is 431 g/mol. The number of nitrogens with zero attached hydrogens (tertiary/aromatic N) is 4. The first-order chi connectivity index (χ1) is 12.5. The maximum atomic E-state index is 13.0. The molecule has 1 aliphatic heterocycles. The van der Waals surface area contributed by atoms with Crippen molar-refractivity contribution in [3.05, 3.63) is 22.7 Å². The molecule has 0 aromatic carbocycles. The molecule has 3 fully saturated rings. The van der Waals surface area contributed by atoms with Gasteiger partial charge in [-0.15, -0.1) is 24.8 Å². The van der Waals surface area contributed by atoms with Gasteiger partial charge in [0.25, 0.3) is 5.56 Å². The number of hydrogen-bond acceptors (Lipinski definition) is 5. The minimum Gasteiger partial charge on any atom is -0.348 e. The summed E-state index contributed by atoms with van der Waals surface area (Å²) in [6.45, 7) is 2.65. The lowest BCUT2D eigenvalue weighted by atomic mass is 9.65. The maximum Gasteiger partial charge on any atom is 0.293 e. The Morgan fingerprint density at radius 1 is 1.11 bits per heavy atom. The van der Waals surface area contributed by atoms with Crippen LogP contribution in [0.1, 0.15) is 32.1 Å². The Bertz CT molecular complexity index is 721. The molecule has 1 aromatic heterocycles. The highest BCUT2D eigenvalue weighted by molar-refractivity contribution is 5.85. The van der Waals surface area contributed by atoms with Crippen LogP contribution in [0.25, 0.3) is 0 Å². The molecule has 1 aromatic rings. The zero-order chi connectivity index (χ0) is 18.3. The third-order valence-corrected chi connectivity index (χ3v) is 6.65. The summed E-state index contributed by atoms with van der Waals surface area (Å²) >= 11 is 0. The molecule has 28 heavy (non-hydrogen) atoms. The second kappa shape index (κ2) is 9.46. The predicted molar refractivity (Wildman–Crippen MR) is 114 cm³/mol. The Balaban J connectivity index is 0.00000140. The Hall–Kier alpha value is -1.31. The van der Waals surface area contributed by atoms with E-state index in [2.05, 4.69) is 4.98 Å². The molecule has 7 nitrogen and oxygen atoms in total. The molecule has 2 unspecified atom stereocenters. The molecule has 2 bridgehead atoms. The SMILES string of the molecule is Cl.Cl.Cn1ccnc(N2CCN(C(=O)C3CC4CCCC(C3)C4N)CC2)c1=O. The van der Waals surface area contributed by atoms with E-state index in [4.69, 9.17) is 5.73 Å². The molecule has 1 amide bonds. The molecule has 0 spiro atoms. The van der Waals surface area contributed by atoms with Crippen LogP contribution < -0.4 is 16.2 Å². The lowest BCUT2D eigenvalue weighted by Crippen LogP contribution is -2.54.